The Morgan fingerprint density at radius 3 is 3.00 bits per heavy atom. The second kappa shape index (κ2) is 5.01. The van der Waals surface area contributed by atoms with Crippen molar-refractivity contribution in [1.29, 1.82) is 0 Å². The van der Waals surface area contributed by atoms with Crippen LogP contribution in [0.4, 0.5) is 5.69 Å². The van der Waals surface area contributed by atoms with Crippen LogP contribution < -0.4 is 5.43 Å². The lowest BCUT2D eigenvalue weighted by Crippen LogP contribution is -1.88. The number of benzene rings is 1. The van der Waals surface area contributed by atoms with E-state index in [1.807, 2.05) is 12.1 Å². The first kappa shape index (κ1) is 9.36. The third-order valence-electron chi connectivity index (χ3n) is 1.18. The number of hydrazone groups is 1. The van der Waals surface area contributed by atoms with Crippen molar-refractivity contribution >= 4 is 35.1 Å². The molecule has 0 saturated carbocycles. The molecular weight excluding hydrogens is 195 g/mol. The second-order valence-electron chi connectivity index (χ2n) is 2.09. The van der Waals surface area contributed by atoms with E-state index in [1.165, 1.54) is 0 Å². The minimum absolute atomic E-state index is 0.396. The van der Waals surface area contributed by atoms with Gasteiger partial charge < -0.3 is 0 Å². The predicted octanol–water partition coefficient (Wildman–Crippen LogP) is 2.98. The average Bonchev–Trinajstić information content (AvgIpc) is 2.05. The SMILES string of the molecule is ClCC=NNc1cccc(Cl)c1. The van der Waals surface area contributed by atoms with Gasteiger partial charge in [-0.15, -0.1) is 11.6 Å². The van der Waals surface area contributed by atoms with Crippen LogP contribution in [0.3, 0.4) is 0 Å². The number of hydrogen-bond donors (Lipinski definition) is 1. The molecule has 0 unspecified atom stereocenters. The average molecular weight is 203 g/mol. The summed E-state index contributed by atoms with van der Waals surface area (Å²) >= 11 is 11.1. The first-order chi connectivity index (χ1) is 5.83. The molecule has 0 fully saturated rings. The van der Waals surface area contributed by atoms with E-state index in [-0.39, 0.29) is 0 Å². The van der Waals surface area contributed by atoms with E-state index in [9.17, 15) is 0 Å². The summed E-state index contributed by atoms with van der Waals surface area (Å²) < 4.78 is 0. The molecule has 0 aliphatic carbocycles. The van der Waals surface area contributed by atoms with Crippen LogP contribution in [0.5, 0.6) is 0 Å². The number of anilines is 1. The molecule has 0 atom stereocenters. The molecule has 0 amide bonds. The number of rotatable bonds is 3. The molecule has 0 saturated heterocycles. The Balaban J connectivity index is 2.57. The van der Waals surface area contributed by atoms with Crippen molar-refractivity contribution in [2.75, 3.05) is 11.3 Å². The number of nitrogens with zero attached hydrogens (tertiary/aromatic N) is 1. The van der Waals surface area contributed by atoms with Crippen molar-refractivity contribution in [2.24, 2.45) is 5.10 Å². The first-order valence-electron chi connectivity index (χ1n) is 3.42. The van der Waals surface area contributed by atoms with Crippen LogP contribution in [-0.4, -0.2) is 12.1 Å². The summed E-state index contributed by atoms with van der Waals surface area (Å²) in [6, 6.07) is 7.31. The van der Waals surface area contributed by atoms with Crippen LogP contribution in [0, 0.1) is 0 Å². The molecule has 64 valence electrons. The molecule has 0 aliphatic rings. The zero-order valence-electron chi connectivity index (χ0n) is 6.30. The molecule has 0 aliphatic heterocycles. The Kier molecular flexibility index (Phi) is 3.91. The molecule has 0 bridgehead atoms. The van der Waals surface area contributed by atoms with Crippen LogP contribution in [0.25, 0.3) is 0 Å². The van der Waals surface area contributed by atoms with Gasteiger partial charge in [0, 0.05) is 11.2 Å². The molecule has 1 N–H and O–H groups in total. The quantitative estimate of drug-likeness (QED) is 0.455. The Bertz CT molecular complexity index is 274. The van der Waals surface area contributed by atoms with Gasteiger partial charge in [0.15, 0.2) is 0 Å². The maximum atomic E-state index is 5.74. The van der Waals surface area contributed by atoms with Gasteiger partial charge in [0.25, 0.3) is 0 Å². The minimum Gasteiger partial charge on any atom is -0.279 e. The lowest BCUT2D eigenvalue weighted by molar-refractivity contribution is 1.35. The number of halogens is 2. The van der Waals surface area contributed by atoms with Crippen molar-refractivity contribution in [3.63, 3.8) is 0 Å². The number of alkyl halides is 1. The predicted molar refractivity (Wildman–Crippen MR) is 54.3 cm³/mol. The molecule has 0 heterocycles. The van der Waals surface area contributed by atoms with Gasteiger partial charge in [-0.2, -0.15) is 5.10 Å². The molecular formula is C8H8Cl2N2. The maximum absolute atomic E-state index is 5.74. The van der Waals surface area contributed by atoms with Gasteiger partial charge in [0.1, 0.15) is 0 Å². The lowest BCUT2D eigenvalue weighted by atomic mass is 10.3. The Morgan fingerprint density at radius 2 is 2.33 bits per heavy atom. The van der Waals surface area contributed by atoms with Gasteiger partial charge >= 0.3 is 0 Å². The van der Waals surface area contributed by atoms with Gasteiger partial charge in [-0.25, -0.2) is 0 Å². The van der Waals surface area contributed by atoms with Crippen LogP contribution in [0.2, 0.25) is 5.02 Å². The third-order valence-corrected chi connectivity index (χ3v) is 1.55. The van der Waals surface area contributed by atoms with Crippen molar-refractivity contribution in [3.05, 3.63) is 29.3 Å². The Labute approximate surface area is 81.2 Å². The normalized spacial score (nSPS) is 10.5. The monoisotopic (exact) mass is 202 g/mol. The molecule has 4 heteroatoms. The Hall–Kier alpha value is -0.730. The molecule has 1 aromatic rings. The van der Waals surface area contributed by atoms with Crippen molar-refractivity contribution in [3.8, 4) is 0 Å². The highest BCUT2D eigenvalue weighted by Gasteiger charge is 1.89. The summed E-state index contributed by atoms with van der Waals surface area (Å²) in [6.45, 7) is 0. The van der Waals surface area contributed by atoms with E-state index < -0.39 is 0 Å². The van der Waals surface area contributed by atoms with Gasteiger partial charge in [-0.05, 0) is 18.2 Å². The van der Waals surface area contributed by atoms with E-state index in [0.29, 0.717) is 10.9 Å². The highest BCUT2D eigenvalue weighted by molar-refractivity contribution is 6.30. The van der Waals surface area contributed by atoms with Gasteiger partial charge in [0.05, 0.1) is 11.6 Å². The van der Waals surface area contributed by atoms with Crippen molar-refractivity contribution in [2.45, 2.75) is 0 Å². The van der Waals surface area contributed by atoms with Crippen LogP contribution in [0.15, 0.2) is 29.4 Å². The molecule has 1 aromatic carbocycles. The Morgan fingerprint density at radius 1 is 1.50 bits per heavy atom. The fourth-order valence-electron chi connectivity index (χ4n) is 0.713. The fourth-order valence-corrected chi connectivity index (χ4v) is 0.972. The maximum Gasteiger partial charge on any atom is 0.0595 e. The summed E-state index contributed by atoms with van der Waals surface area (Å²) in [7, 11) is 0. The zero-order valence-corrected chi connectivity index (χ0v) is 7.81. The van der Waals surface area contributed by atoms with E-state index in [0.717, 1.165) is 5.69 Å². The molecule has 0 aromatic heterocycles. The van der Waals surface area contributed by atoms with E-state index in [1.54, 1.807) is 18.3 Å². The number of hydrogen-bond acceptors (Lipinski definition) is 2. The van der Waals surface area contributed by atoms with E-state index in [4.69, 9.17) is 23.2 Å². The molecule has 2 nitrogen and oxygen atoms in total. The topological polar surface area (TPSA) is 24.4 Å². The van der Waals surface area contributed by atoms with Crippen LogP contribution in [0.1, 0.15) is 0 Å². The largest absolute Gasteiger partial charge is 0.279 e. The zero-order chi connectivity index (χ0) is 8.81. The minimum atomic E-state index is 0.396. The lowest BCUT2D eigenvalue weighted by Gasteiger charge is -1.98. The van der Waals surface area contributed by atoms with Crippen LogP contribution in [-0.2, 0) is 0 Å². The summed E-state index contributed by atoms with van der Waals surface area (Å²) in [5.74, 6) is 0.396. The van der Waals surface area contributed by atoms with Crippen molar-refractivity contribution < 1.29 is 0 Å². The summed E-state index contributed by atoms with van der Waals surface area (Å²) in [6.07, 6.45) is 1.57. The van der Waals surface area contributed by atoms with E-state index >= 15 is 0 Å². The van der Waals surface area contributed by atoms with E-state index in [2.05, 4.69) is 10.5 Å². The van der Waals surface area contributed by atoms with Gasteiger partial charge in [0.2, 0.25) is 0 Å². The van der Waals surface area contributed by atoms with Gasteiger partial charge in [-0.1, -0.05) is 17.7 Å². The highest BCUT2D eigenvalue weighted by Crippen LogP contribution is 2.14. The molecule has 0 spiro atoms. The second-order valence-corrected chi connectivity index (χ2v) is 2.83. The van der Waals surface area contributed by atoms with Gasteiger partial charge in [-0.3, -0.25) is 5.43 Å². The fraction of sp³-hybridized carbons (Fsp3) is 0.125. The van der Waals surface area contributed by atoms with Crippen LogP contribution >= 0.6 is 23.2 Å². The molecule has 12 heavy (non-hydrogen) atoms. The highest BCUT2D eigenvalue weighted by atomic mass is 35.5. The molecule has 0 radical (unpaired) electrons. The molecule has 1 rings (SSSR count). The smallest absolute Gasteiger partial charge is 0.0595 e. The third kappa shape index (κ3) is 3.11. The summed E-state index contributed by atoms with van der Waals surface area (Å²) in [5.41, 5.74) is 3.64. The number of nitrogens with one attached hydrogen (secondary N) is 1. The summed E-state index contributed by atoms with van der Waals surface area (Å²) in [5, 5.41) is 4.52. The first-order valence-corrected chi connectivity index (χ1v) is 4.33. The standard InChI is InChI=1S/C8H8Cl2N2/c9-4-5-11-12-8-3-1-2-7(10)6-8/h1-3,5-6,12H,4H2. The van der Waals surface area contributed by atoms with Crippen molar-refractivity contribution in [1.82, 2.24) is 0 Å². The summed E-state index contributed by atoms with van der Waals surface area (Å²) in [4.78, 5) is 0.